The van der Waals surface area contributed by atoms with Crippen molar-refractivity contribution in [1.82, 2.24) is 0 Å². The number of rotatable bonds is 5. The Bertz CT molecular complexity index is 159. The molecule has 0 aromatic carbocycles. The molecule has 0 radical (unpaired) electrons. The second-order valence-corrected chi connectivity index (χ2v) is 4.40. The summed E-state index contributed by atoms with van der Waals surface area (Å²) in [6.45, 7) is 0. The van der Waals surface area contributed by atoms with Crippen molar-refractivity contribution >= 4 is 17.7 Å². The Morgan fingerprint density at radius 2 is 2.33 bits per heavy atom. The molecule has 0 aromatic rings. The molecule has 0 aromatic heterocycles. The van der Waals surface area contributed by atoms with Gasteiger partial charge >= 0.3 is 5.97 Å². The van der Waals surface area contributed by atoms with Gasteiger partial charge in [-0.05, 0) is 43.6 Å². The third-order valence-corrected chi connectivity index (χ3v) is 3.35. The summed E-state index contributed by atoms with van der Waals surface area (Å²) in [4.78, 5) is 10.6. The van der Waals surface area contributed by atoms with E-state index >= 15 is 0 Å². The Kier molecular flexibility index (Phi) is 3.92. The fraction of sp³-hybridized carbons (Fsp3) is 0.889. The average Bonchev–Trinajstić information content (AvgIpc) is 1.94. The molecule has 1 aliphatic rings. The number of aliphatic carboxylic acids is 1. The largest absolute Gasteiger partial charge is 0.481 e. The molecule has 2 nitrogen and oxygen atoms in total. The van der Waals surface area contributed by atoms with Gasteiger partial charge in [0.1, 0.15) is 0 Å². The van der Waals surface area contributed by atoms with E-state index < -0.39 is 5.97 Å². The normalized spacial score (nSPS) is 28.1. The van der Waals surface area contributed by atoms with Crippen molar-refractivity contribution in [3.05, 3.63) is 0 Å². The number of carboxylic acid groups (broad SMARTS) is 1. The second-order valence-electron chi connectivity index (χ2n) is 3.42. The van der Waals surface area contributed by atoms with E-state index in [1.165, 1.54) is 12.2 Å². The van der Waals surface area contributed by atoms with Crippen molar-refractivity contribution in [3.63, 3.8) is 0 Å². The molecule has 0 bridgehead atoms. The molecule has 2 atom stereocenters. The maximum Gasteiger partial charge on any atom is 0.306 e. The first-order valence-corrected chi connectivity index (χ1v) is 5.87. The van der Waals surface area contributed by atoms with Crippen LogP contribution in [0, 0.1) is 11.8 Å². The molecule has 2 unspecified atom stereocenters. The molecule has 12 heavy (non-hydrogen) atoms. The van der Waals surface area contributed by atoms with Crippen LogP contribution in [0.2, 0.25) is 0 Å². The van der Waals surface area contributed by atoms with Crippen molar-refractivity contribution in [1.29, 1.82) is 0 Å². The standard InChI is InChI=1S/C9H16O2S/c1-12-6-2-3-7-4-5-8(7)9(10)11/h7-8H,2-6H2,1H3,(H,10,11). The van der Waals surface area contributed by atoms with E-state index in [-0.39, 0.29) is 5.92 Å². The summed E-state index contributed by atoms with van der Waals surface area (Å²) >= 11 is 1.84. The minimum atomic E-state index is -0.588. The molecule has 0 aliphatic heterocycles. The highest BCUT2D eigenvalue weighted by molar-refractivity contribution is 7.98. The van der Waals surface area contributed by atoms with Gasteiger partial charge in [0.15, 0.2) is 0 Å². The fourth-order valence-electron chi connectivity index (χ4n) is 1.73. The molecule has 1 fully saturated rings. The van der Waals surface area contributed by atoms with Crippen LogP contribution < -0.4 is 0 Å². The highest BCUT2D eigenvalue weighted by atomic mass is 32.2. The summed E-state index contributed by atoms with van der Waals surface area (Å²) in [6.07, 6.45) is 6.41. The number of thioether (sulfide) groups is 1. The van der Waals surface area contributed by atoms with Gasteiger partial charge in [-0.1, -0.05) is 0 Å². The molecular weight excluding hydrogens is 172 g/mol. The average molecular weight is 188 g/mol. The molecule has 70 valence electrons. The number of carbonyl (C=O) groups is 1. The summed E-state index contributed by atoms with van der Waals surface area (Å²) in [5.41, 5.74) is 0. The van der Waals surface area contributed by atoms with Gasteiger partial charge in [-0.2, -0.15) is 11.8 Å². The Morgan fingerprint density at radius 1 is 1.58 bits per heavy atom. The van der Waals surface area contributed by atoms with E-state index in [0.29, 0.717) is 5.92 Å². The van der Waals surface area contributed by atoms with E-state index in [2.05, 4.69) is 6.26 Å². The Hall–Kier alpha value is -0.180. The lowest BCUT2D eigenvalue weighted by Crippen LogP contribution is -2.32. The van der Waals surface area contributed by atoms with Gasteiger partial charge in [0.25, 0.3) is 0 Å². The maximum absolute atomic E-state index is 10.6. The monoisotopic (exact) mass is 188 g/mol. The molecule has 0 spiro atoms. The van der Waals surface area contributed by atoms with Crippen molar-refractivity contribution < 1.29 is 9.90 Å². The lowest BCUT2D eigenvalue weighted by Gasteiger charge is -2.33. The predicted octanol–water partition coefficient (Wildman–Crippen LogP) is 2.24. The molecular formula is C9H16O2S. The zero-order valence-electron chi connectivity index (χ0n) is 7.45. The molecule has 1 rings (SSSR count). The lowest BCUT2D eigenvalue weighted by molar-refractivity contribution is -0.147. The topological polar surface area (TPSA) is 37.3 Å². The van der Waals surface area contributed by atoms with Crippen LogP contribution in [0.25, 0.3) is 0 Å². The summed E-state index contributed by atoms with van der Waals surface area (Å²) in [7, 11) is 0. The zero-order valence-corrected chi connectivity index (χ0v) is 8.27. The molecule has 0 saturated heterocycles. The minimum absolute atomic E-state index is 0.0214. The van der Waals surface area contributed by atoms with Gasteiger partial charge < -0.3 is 5.11 Å². The molecule has 1 saturated carbocycles. The first kappa shape index (κ1) is 9.90. The Balaban J connectivity index is 2.12. The van der Waals surface area contributed by atoms with Gasteiger partial charge in [-0.15, -0.1) is 0 Å². The quantitative estimate of drug-likeness (QED) is 0.672. The van der Waals surface area contributed by atoms with Crippen LogP contribution in [0.3, 0.4) is 0 Å². The molecule has 3 heteroatoms. The maximum atomic E-state index is 10.6. The van der Waals surface area contributed by atoms with Crippen molar-refractivity contribution in [2.45, 2.75) is 25.7 Å². The second kappa shape index (κ2) is 4.75. The highest BCUT2D eigenvalue weighted by Gasteiger charge is 2.35. The van der Waals surface area contributed by atoms with Crippen molar-refractivity contribution in [2.75, 3.05) is 12.0 Å². The van der Waals surface area contributed by atoms with Crippen molar-refractivity contribution in [3.8, 4) is 0 Å². The lowest BCUT2D eigenvalue weighted by atomic mass is 9.71. The van der Waals surface area contributed by atoms with E-state index in [1.807, 2.05) is 11.8 Å². The van der Waals surface area contributed by atoms with Gasteiger partial charge in [0, 0.05) is 0 Å². The van der Waals surface area contributed by atoms with Gasteiger partial charge in [-0.3, -0.25) is 4.79 Å². The number of hydrogen-bond donors (Lipinski definition) is 1. The summed E-state index contributed by atoms with van der Waals surface area (Å²) in [5.74, 6) is 1.04. The van der Waals surface area contributed by atoms with Crippen LogP contribution in [-0.4, -0.2) is 23.1 Å². The number of carboxylic acids is 1. The molecule has 0 heterocycles. The third kappa shape index (κ3) is 2.41. The van der Waals surface area contributed by atoms with Crippen molar-refractivity contribution in [2.24, 2.45) is 11.8 Å². The Morgan fingerprint density at radius 3 is 2.75 bits per heavy atom. The first-order valence-electron chi connectivity index (χ1n) is 4.47. The van der Waals surface area contributed by atoms with Gasteiger partial charge in [0.2, 0.25) is 0 Å². The van der Waals surface area contributed by atoms with E-state index in [9.17, 15) is 4.79 Å². The molecule has 1 N–H and O–H groups in total. The van der Waals surface area contributed by atoms with E-state index in [4.69, 9.17) is 5.11 Å². The van der Waals surface area contributed by atoms with Crippen LogP contribution in [0.4, 0.5) is 0 Å². The van der Waals surface area contributed by atoms with E-state index in [0.717, 1.165) is 19.3 Å². The SMILES string of the molecule is CSCCCC1CCC1C(=O)O. The summed E-state index contributed by atoms with van der Waals surface area (Å²) in [5, 5.41) is 8.75. The smallest absolute Gasteiger partial charge is 0.306 e. The highest BCUT2D eigenvalue weighted by Crippen LogP contribution is 2.37. The number of hydrogen-bond acceptors (Lipinski definition) is 2. The predicted molar refractivity (Wildman–Crippen MR) is 51.5 cm³/mol. The Labute approximate surface area is 77.7 Å². The summed E-state index contributed by atoms with van der Waals surface area (Å²) in [6, 6.07) is 0. The molecule has 1 aliphatic carbocycles. The first-order chi connectivity index (χ1) is 5.75. The van der Waals surface area contributed by atoms with Crippen LogP contribution in [0.1, 0.15) is 25.7 Å². The van der Waals surface area contributed by atoms with Crippen LogP contribution >= 0.6 is 11.8 Å². The summed E-state index contributed by atoms with van der Waals surface area (Å²) < 4.78 is 0. The van der Waals surface area contributed by atoms with E-state index in [1.54, 1.807) is 0 Å². The van der Waals surface area contributed by atoms with Crippen LogP contribution in [-0.2, 0) is 4.79 Å². The van der Waals surface area contributed by atoms with Gasteiger partial charge in [0.05, 0.1) is 5.92 Å². The van der Waals surface area contributed by atoms with Gasteiger partial charge in [-0.25, -0.2) is 0 Å². The fourth-order valence-corrected chi connectivity index (χ4v) is 2.18. The van der Waals surface area contributed by atoms with Crippen LogP contribution in [0.5, 0.6) is 0 Å². The van der Waals surface area contributed by atoms with Crippen LogP contribution in [0.15, 0.2) is 0 Å². The third-order valence-electron chi connectivity index (χ3n) is 2.66. The molecule has 0 amide bonds. The minimum Gasteiger partial charge on any atom is -0.481 e. The zero-order chi connectivity index (χ0) is 8.97.